The van der Waals surface area contributed by atoms with Gasteiger partial charge in [0, 0.05) is 0 Å². The van der Waals surface area contributed by atoms with Gasteiger partial charge < -0.3 is 0 Å². The number of rotatable bonds is 6. The van der Waals surface area contributed by atoms with Crippen LogP contribution in [0.3, 0.4) is 0 Å². The van der Waals surface area contributed by atoms with Crippen molar-refractivity contribution in [2.24, 2.45) is 0 Å². The molecule has 2 N–H and O–H groups in total. The third-order valence-electron chi connectivity index (χ3n) is 1.29. The molecule has 0 unspecified atom stereocenters. The standard InChI is InChI=1S/C6H12O6S2/c7-13(8,9)5-3-1-2-4-6-14(10,11)12/h3,5H,1-2,4,6H2,(H,7,8,9)(H,10,11,12). The van der Waals surface area contributed by atoms with Gasteiger partial charge in [-0.25, -0.2) is 0 Å². The van der Waals surface area contributed by atoms with E-state index in [2.05, 4.69) is 0 Å². The zero-order chi connectivity index (χ0) is 11.2. The Hall–Kier alpha value is -0.440. The predicted molar refractivity (Wildman–Crippen MR) is 51.0 cm³/mol. The summed E-state index contributed by atoms with van der Waals surface area (Å²) in [5.41, 5.74) is 0. The second kappa shape index (κ2) is 5.44. The molecule has 8 heteroatoms. The average molecular weight is 244 g/mol. The highest BCUT2D eigenvalue weighted by Crippen LogP contribution is 2.00. The summed E-state index contributed by atoms with van der Waals surface area (Å²) in [5.74, 6) is -0.341. The number of hydrogen-bond acceptors (Lipinski definition) is 4. The van der Waals surface area contributed by atoms with Gasteiger partial charge >= 0.3 is 0 Å². The lowest BCUT2D eigenvalue weighted by molar-refractivity contribution is 0.479. The van der Waals surface area contributed by atoms with E-state index in [9.17, 15) is 16.8 Å². The van der Waals surface area contributed by atoms with Crippen LogP contribution in [0.5, 0.6) is 0 Å². The molecule has 6 nitrogen and oxygen atoms in total. The fraction of sp³-hybridized carbons (Fsp3) is 0.667. The van der Waals surface area contributed by atoms with Crippen LogP contribution in [0.4, 0.5) is 0 Å². The summed E-state index contributed by atoms with van der Waals surface area (Å²) in [6.07, 6.45) is 2.22. The fourth-order valence-corrected chi connectivity index (χ4v) is 1.68. The zero-order valence-electron chi connectivity index (χ0n) is 7.33. The molecular weight excluding hydrogens is 232 g/mol. The Balaban J connectivity index is 3.64. The van der Waals surface area contributed by atoms with Gasteiger partial charge in [-0.1, -0.05) is 6.08 Å². The van der Waals surface area contributed by atoms with Gasteiger partial charge in [-0.3, -0.25) is 9.11 Å². The van der Waals surface area contributed by atoms with Gasteiger partial charge in [0.25, 0.3) is 20.2 Å². The summed E-state index contributed by atoms with van der Waals surface area (Å²) < 4.78 is 57.3. The van der Waals surface area contributed by atoms with Gasteiger partial charge in [0.1, 0.15) is 0 Å². The molecule has 0 spiro atoms. The third-order valence-corrected chi connectivity index (χ3v) is 2.63. The Morgan fingerprint density at radius 3 is 2.00 bits per heavy atom. The molecule has 0 saturated heterocycles. The van der Waals surface area contributed by atoms with Crippen molar-refractivity contribution in [2.45, 2.75) is 19.3 Å². The van der Waals surface area contributed by atoms with E-state index in [1.165, 1.54) is 6.08 Å². The van der Waals surface area contributed by atoms with Crippen LogP contribution < -0.4 is 0 Å². The topological polar surface area (TPSA) is 109 Å². The van der Waals surface area contributed by atoms with Gasteiger partial charge in [-0.2, -0.15) is 16.8 Å². The molecule has 0 aliphatic heterocycles. The summed E-state index contributed by atoms with van der Waals surface area (Å²) in [5, 5.41) is 0.639. The Morgan fingerprint density at radius 2 is 1.57 bits per heavy atom. The van der Waals surface area contributed by atoms with E-state index in [1.54, 1.807) is 0 Å². The van der Waals surface area contributed by atoms with Crippen LogP contribution in [0, 0.1) is 0 Å². The molecule has 0 amide bonds. The molecule has 0 fully saturated rings. The predicted octanol–water partition coefficient (Wildman–Crippen LogP) is 0.446. The van der Waals surface area contributed by atoms with Crippen molar-refractivity contribution in [2.75, 3.05) is 5.75 Å². The first-order valence-corrected chi connectivity index (χ1v) is 6.91. The highest BCUT2D eigenvalue weighted by atomic mass is 32.2. The number of hydrogen-bond donors (Lipinski definition) is 2. The molecule has 84 valence electrons. The Bertz CT molecular complexity index is 377. The summed E-state index contributed by atoms with van der Waals surface area (Å²) in [6, 6.07) is 0. The normalized spacial score (nSPS) is 13.6. The second-order valence-corrected chi connectivity index (χ2v) is 5.54. The Labute approximate surface area is 83.1 Å². The molecule has 0 rings (SSSR count). The minimum atomic E-state index is -4.09. The Kier molecular flexibility index (Phi) is 5.27. The van der Waals surface area contributed by atoms with Crippen LogP contribution in [-0.2, 0) is 20.2 Å². The average Bonchev–Trinajstić information content (AvgIpc) is 1.92. The first-order chi connectivity index (χ1) is 6.21. The largest absolute Gasteiger partial charge is 0.287 e. The van der Waals surface area contributed by atoms with E-state index in [-0.39, 0.29) is 12.2 Å². The quantitative estimate of drug-likeness (QED) is 0.518. The summed E-state index contributed by atoms with van der Waals surface area (Å²) >= 11 is 0. The van der Waals surface area contributed by atoms with Crippen LogP contribution in [0.15, 0.2) is 11.5 Å². The van der Waals surface area contributed by atoms with Gasteiger partial charge in [0.15, 0.2) is 0 Å². The van der Waals surface area contributed by atoms with Crippen LogP contribution in [0.25, 0.3) is 0 Å². The molecule has 0 aliphatic carbocycles. The first-order valence-electron chi connectivity index (χ1n) is 3.80. The summed E-state index contributed by atoms with van der Waals surface area (Å²) in [4.78, 5) is 0. The molecule has 0 aromatic heterocycles. The maximum atomic E-state index is 10.2. The lowest BCUT2D eigenvalue weighted by Crippen LogP contribution is -2.03. The fourth-order valence-electron chi connectivity index (χ4n) is 0.736. The van der Waals surface area contributed by atoms with E-state index < -0.39 is 20.2 Å². The number of unbranched alkanes of at least 4 members (excludes halogenated alkanes) is 2. The van der Waals surface area contributed by atoms with E-state index in [0.717, 1.165) is 0 Å². The first kappa shape index (κ1) is 13.6. The molecule has 0 bridgehead atoms. The van der Waals surface area contributed by atoms with Crippen molar-refractivity contribution in [3.05, 3.63) is 11.5 Å². The third kappa shape index (κ3) is 11.6. The molecule has 0 atom stereocenters. The molecule has 0 aliphatic rings. The summed E-state index contributed by atoms with van der Waals surface area (Å²) in [6.45, 7) is 0. The molecule has 0 aromatic rings. The summed E-state index contributed by atoms with van der Waals surface area (Å²) in [7, 11) is -8.02. The van der Waals surface area contributed by atoms with E-state index in [0.29, 0.717) is 18.2 Å². The van der Waals surface area contributed by atoms with Crippen LogP contribution in [-0.4, -0.2) is 31.7 Å². The minimum Gasteiger partial charge on any atom is -0.286 e. The van der Waals surface area contributed by atoms with Crippen molar-refractivity contribution >= 4 is 20.2 Å². The molecular formula is C6H12O6S2. The van der Waals surface area contributed by atoms with Crippen molar-refractivity contribution in [3.63, 3.8) is 0 Å². The molecule has 0 saturated carbocycles. The second-order valence-electron chi connectivity index (χ2n) is 2.67. The zero-order valence-corrected chi connectivity index (χ0v) is 8.96. The van der Waals surface area contributed by atoms with Gasteiger partial charge in [0.2, 0.25) is 0 Å². The monoisotopic (exact) mass is 244 g/mol. The highest BCUT2D eigenvalue weighted by molar-refractivity contribution is 7.88. The van der Waals surface area contributed by atoms with Gasteiger partial charge in [0.05, 0.1) is 11.2 Å². The lowest BCUT2D eigenvalue weighted by Gasteiger charge is -1.94. The van der Waals surface area contributed by atoms with Crippen molar-refractivity contribution in [1.82, 2.24) is 0 Å². The molecule has 0 radical (unpaired) electrons. The minimum absolute atomic E-state index is 0.245. The molecule has 14 heavy (non-hydrogen) atoms. The number of allylic oxidation sites excluding steroid dienone is 1. The van der Waals surface area contributed by atoms with E-state index >= 15 is 0 Å². The van der Waals surface area contributed by atoms with Crippen LogP contribution >= 0.6 is 0 Å². The van der Waals surface area contributed by atoms with Gasteiger partial charge in [-0.05, 0) is 19.3 Å². The van der Waals surface area contributed by atoms with Crippen molar-refractivity contribution in [3.8, 4) is 0 Å². The maximum Gasteiger partial charge on any atom is 0.287 e. The van der Waals surface area contributed by atoms with Crippen LogP contribution in [0.1, 0.15) is 19.3 Å². The van der Waals surface area contributed by atoms with E-state index in [4.69, 9.17) is 9.11 Å². The van der Waals surface area contributed by atoms with Crippen molar-refractivity contribution in [1.29, 1.82) is 0 Å². The van der Waals surface area contributed by atoms with Crippen molar-refractivity contribution < 1.29 is 25.9 Å². The molecule has 0 heterocycles. The highest BCUT2D eigenvalue weighted by Gasteiger charge is 2.02. The Morgan fingerprint density at radius 1 is 1.00 bits per heavy atom. The smallest absolute Gasteiger partial charge is 0.286 e. The van der Waals surface area contributed by atoms with Crippen LogP contribution in [0.2, 0.25) is 0 Å². The lowest BCUT2D eigenvalue weighted by atomic mass is 10.2. The van der Waals surface area contributed by atoms with E-state index in [1.807, 2.05) is 0 Å². The van der Waals surface area contributed by atoms with Gasteiger partial charge in [-0.15, -0.1) is 0 Å². The molecule has 0 aromatic carbocycles. The maximum absolute atomic E-state index is 10.2. The SMILES string of the molecule is O=S(=O)(O)C=CCCCCS(=O)(=O)O.